The number of nitrogens with zero attached hydrogens (tertiary/aromatic N) is 4. The zero-order chi connectivity index (χ0) is 16.8. The van der Waals surface area contributed by atoms with Crippen LogP contribution in [0.4, 0.5) is 0 Å². The van der Waals surface area contributed by atoms with Gasteiger partial charge < -0.3 is 5.32 Å². The Labute approximate surface area is 145 Å². The summed E-state index contributed by atoms with van der Waals surface area (Å²) in [4.78, 5) is 12.1. The van der Waals surface area contributed by atoms with Crippen LogP contribution in [0.3, 0.4) is 0 Å². The third-order valence-electron chi connectivity index (χ3n) is 3.10. The van der Waals surface area contributed by atoms with E-state index in [1.54, 1.807) is 4.68 Å². The Morgan fingerprint density at radius 2 is 2.17 bits per heavy atom. The number of thioether (sulfide) groups is 1. The Morgan fingerprint density at radius 3 is 2.87 bits per heavy atom. The summed E-state index contributed by atoms with van der Waals surface area (Å²) < 4.78 is 1.73. The Morgan fingerprint density at radius 1 is 1.39 bits per heavy atom. The molecule has 6 nitrogen and oxygen atoms in total. The molecule has 23 heavy (non-hydrogen) atoms. The van der Waals surface area contributed by atoms with Crippen molar-refractivity contribution in [2.45, 2.75) is 38.5 Å². The van der Waals surface area contributed by atoms with Gasteiger partial charge in [-0.2, -0.15) is 0 Å². The van der Waals surface area contributed by atoms with E-state index in [0.29, 0.717) is 16.1 Å². The first-order chi connectivity index (χ1) is 11.0. The first-order valence-electron chi connectivity index (χ1n) is 7.39. The van der Waals surface area contributed by atoms with Crippen molar-refractivity contribution >= 4 is 29.3 Å². The summed E-state index contributed by atoms with van der Waals surface area (Å²) in [7, 11) is 0. The third kappa shape index (κ3) is 5.51. The minimum atomic E-state index is -0.103. The van der Waals surface area contributed by atoms with Crippen molar-refractivity contribution in [1.29, 1.82) is 0 Å². The van der Waals surface area contributed by atoms with Crippen LogP contribution in [-0.4, -0.2) is 31.9 Å². The van der Waals surface area contributed by atoms with Gasteiger partial charge in [0, 0.05) is 11.6 Å². The van der Waals surface area contributed by atoms with Gasteiger partial charge in [-0.25, -0.2) is 4.68 Å². The molecule has 0 spiro atoms. The average molecular weight is 354 g/mol. The molecule has 0 aliphatic rings. The van der Waals surface area contributed by atoms with Crippen LogP contribution in [0.1, 0.15) is 32.4 Å². The van der Waals surface area contributed by atoms with E-state index in [4.69, 9.17) is 11.6 Å². The van der Waals surface area contributed by atoms with Gasteiger partial charge in [-0.15, -0.1) is 5.10 Å². The number of aromatic nitrogens is 4. The lowest BCUT2D eigenvalue weighted by Crippen LogP contribution is -2.28. The largest absolute Gasteiger partial charge is 0.349 e. The molecule has 1 aromatic carbocycles. The monoisotopic (exact) mass is 353 g/mol. The number of carbonyl (C=O) groups excluding carboxylic acids is 1. The van der Waals surface area contributed by atoms with Crippen LogP contribution < -0.4 is 5.32 Å². The molecule has 1 amide bonds. The number of hydrogen-bond acceptors (Lipinski definition) is 5. The van der Waals surface area contributed by atoms with E-state index in [2.05, 4.69) is 34.7 Å². The SMILES string of the molecule is CC(C)Cn1nnnc1SCC(=O)NC(C)c1cccc(Cl)c1. The van der Waals surface area contributed by atoms with Gasteiger partial charge in [0.1, 0.15) is 0 Å². The highest BCUT2D eigenvalue weighted by atomic mass is 35.5. The molecule has 1 heterocycles. The van der Waals surface area contributed by atoms with Crippen molar-refractivity contribution in [3.63, 3.8) is 0 Å². The van der Waals surface area contributed by atoms with E-state index >= 15 is 0 Å². The smallest absolute Gasteiger partial charge is 0.230 e. The predicted molar refractivity (Wildman–Crippen MR) is 91.4 cm³/mol. The van der Waals surface area contributed by atoms with E-state index in [0.717, 1.165) is 12.1 Å². The normalized spacial score (nSPS) is 12.4. The summed E-state index contributed by atoms with van der Waals surface area (Å²) >= 11 is 7.30. The number of tetrazole rings is 1. The second-order valence-electron chi connectivity index (χ2n) is 5.67. The molecule has 0 saturated heterocycles. The summed E-state index contributed by atoms with van der Waals surface area (Å²) in [5, 5.41) is 15.8. The van der Waals surface area contributed by atoms with Gasteiger partial charge >= 0.3 is 0 Å². The van der Waals surface area contributed by atoms with Gasteiger partial charge in [-0.3, -0.25) is 4.79 Å². The van der Waals surface area contributed by atoms with Crippen LogP contribution >= 0.6 is 23.4 Å². The molecular formula is C15H20ClN5OS. The van der Waals surface area contributed by atoms with Crippen LogP contribution in [0.15, 0.2) is 29.4 Å². The zero-order valence-electron chi connectivity index (χ0n) is 13.4. The van der Waals surface area contributed by atoms with E-state index < -0.39 is 0 Å². The molecule has 1 atom stereocenters. The summed E-state index contributed by atoms with van der Waals surface area (Å²) in [5.41, 5.74) is 0.973. The topological polar surface area (TPSA) is 72.7 Å². The molecule has 1 unspecified atom stereocenters. The quantitative estimate of drug-likeness (QED) is 0.775. The van der Waals surface area contributed by atoms with Crippen molar-refractivity contribution in [3.05, 3.63) is 34.9 Å². The maximum atomic E-state index is 12.1. The number of halogens is 1. The molecule has 0 aliphatic heterocycles. The number of nitrogens with one attached hydrogen (secondary N) is 1. The molecule has 124 valence electrons. The molecule has 0 saturated carbocycles. The molecule has 0 bridgehead atoms. The maximum Gasteiger partial charge on any atom is 0.230 e. The molecule has 0 radical (unpaired) electrons. The van der Waals surface area contributed by atoms with Gasteiger partial charge in [-0.05, 0) is 41.0 Å². The summed E-state index contributed by atoms with van der Waals surface area (Å²) in [6.07, 6.45) is 0. The lowest BCUT2D eigenvalue weighted by molar-refractivity contribution is -0.119. The minimum Gasteiger partial charge on any atom is -0.349 e. The third-order valence-corrected chi connectivity index (χ3v) is 4.29. The number of carbonyl (C=O) groups is 1. The van der Waals surface area contributed by atoms with E-state index in [1.807, 2.05) is 31.2 Å². The van der Waals surface area contributed by atoms with Crippen LogP contribution in [0.25, 0.3) is 0 Å². The van der Waals surface area contributed by atoms with Crippen molar-refractivity contribution in [3.8, 4) is 0 Å². The van der Waals surface area contributed by atoms with E-state index in [9.17, 15) is 4.79 Å². The summed E-state index contributed by atoms with van der Waals surface area (Å²) in [6, 6.07) is 7.36. The van der Waals surface area contributed by atoms with Crippen molar-refractivity contribution in [1.82, 2.24) is 25.5 Å². The molecule has 2 aromatic rings. The Hall–Kier alpha value is -1.60. The van der Waals surface area contributed by atoms with Gasteiger partial charge in [0.25, 0.3) is 0 Å². The summed E-state index contributed by atoms with van der Waals surface area (Å²) in [5.74, 6) is 0.639. The van der Waals surface area contributed by atoms with E-state index in [-0.39, 0.29) is 17.7 Å². The Kier molecular flexibility index (Phi) is 6.41. The van der Waals surface area contributed by atoms with Crippen molar-refractivity contribution < 1.29 is 4.79 Å². The second kappa shape index (κ2) is 8.31. The fourth-order valence-electron chi connectivity index (χ4n) is 2.03. The van der Waals surface area contributed by atoms with Gasteiger partial charge in [0.05, 0.1) is 11.8 Å². The highest BCUT2D eigenvalue weighted by molar-refractivity contribution is 7.99. The first kappa shape index (κ1) is 17.7. The average Bonchev–Trinajstić information content (AvgIpc) is 2.91. The second-order valence-corrected chi connectivity index (χ2v) is 7.05. The van der Waals surface area contributed by atoms with Gasteiger partial charge in [-0.1, -0.05) is 49.3 Å². The molecule has 1 aromatic heterocycles. The fraction of sp³-hybridized carbons (Fsp3) is 0.467. The lowest BCUT2D eigenvalue weighted by Gasteiger charge is -2.14. The lowest BCUT2D eigenvalue weighted by atomic mass is 10.1. The number of hydrogen-bond donors (Lipinski definition) is 1. The number of benzene rings is 1. The highest BCUT2D eigenvalue weighted by Crippen LogP contribution is 2.18. The zero-order valence-corrected chi connectivity index (χ0v) is 14.9. The van der Waals surface area contributed by atoms with Crippen LogP contribution in [0.5, 0.6) is 0 Å². The van der Waals surface area contributed by atoms with Gasteiger partial charge in [0.2, 0.25) is 11.1 Å². The minimum absolute atomic E-state index is 0.0680. The molecule has 2 rings (SSSR count). The van der Waals surface area contributed by atoms with Gasteiger partial charge in [0.15, 0.2) is 0 Å². The maximum absolute atomic E-state index is 12.1. The van der Waals surface area contributed by atoms with Crippen LogP contribution in [-0.2, 0) is 11.3 Å². The standard InChI is InChI=1S/C15H20ClN5OS/c1-10(2)8-21-15(18-19-20-21)23-9-14(22)17-11(3)12-5-4-6-13(16)7-12/h4-7,10-11H,8-9H2,1-3H3,(H,17,22). The Bertz CT molecular complexity index is 661. The molecule has 0 fully saturated rings. The van der Waals surface area contributed by atoms with Crippen molar-refractivity contribution in [2.75, 3.05) is 5.75 Å². The number of rotatable bonds is 7. The highest BCUT2D eigenvalue weighted by Gasteiger charge is 2.13. The van der Waals surface area contributed by atoms with Crippen LogP contribution in [0, 0.1) is 5.92 Å². The first-order valence-corrected chi connectivity index (χ1v) is 8.76. The molecular weight excluding hydrogens is 334 g/mol. The van der Waals surface area contributed by atoms with Crippen molar-refractivity contribution in [2.24, 2.45) is 5.92 Å². The fourth-order valence-corrected chi connectivity index (χ4v) is 2.93. The molecule has 1 N–H and O–H groups in total. The summed E-state index contributed by atoms with van der Waals surface area (Å²) in [6.45, 7) is 6.85. The predicted octanol–water partition coefficient (Wildman–Crippen LogP) is 2.95. The van der Waals surface area contributed by atoms with Crippen LogP contribution in [0.2, 0.25) is 5.02 Å². The molecule has 8 heteroatoms. The van der Waals surface area contributed by atoms with E-state index in [1.165, 1.54) is 11.8 Å². The molecule has 0 aliphatic carbocycles. The number of amides is 1. The Balaban J connectivity index is 1.87.